The summed E-state index contributed by atoms with van der Waals surface area (Å²) in [5.41, 5.74) is 2.27. The highest BCUT2D eigenvalue weighted by molar-refractivity contribution is 7.18. The molecule has 0 amide bonds. The molecule has 316 valence electrons. The first-order valence-electron chi connectivity index (χ1n) is 18.8. The number of alkyl halides is 8. The number of halogens is 8. The molecule has 0 aliphatic carbocycles. The minimum absolute atomic E-state index is 0.315. The summed E-state index contributed by atoms with van der Waals surface area (Å²) in [4.78, 5) is 3.27. The van der Waals surface area contributed by atoms with Crippen molar-refractivity contribution in [1.82, 2.24) is 0 Å². The van der Waals surface area contributed by atoms with Crippen LogP contribution in [0.1, 0.15) is 0 Å². The topological polar surface area (TPSA) is 51.2 Å². The van der Waals surface area contributed by atoms with E-state index in [0.717, 1.165) is 38.9 Å². The molecule has 0 aliphatic heterocycles. The van der Waals surface area contributed by atoms with E-state index in [-0.39, 0.29) is 10.1 Å². The van der Waals surface area contributed by atoms with E-state index >= 15 is 35.1 Å². The van der Waals surface area contributed by atoms with E-state index in [1.54, 1.807) is 94.7 Å². The molecule has 6 nitrogen and oxygen atoms in total. The third kappa shape index (κ3) is 7.36. The molecular weight excluding hydrogens is 861 g/mol. The molecule has 0 fully saturated rings. The highest BCUT2D eigenvalue weighted by Gasteiger charge is 2.81. The second-order valence-corrected chi connectivity index (χ2v) is 16.1. The van der Waals surface area contributed by atoms with Gasteiger partial charge in [0.15, 0.2) is 23.3 Å². The number of para-hydroxylation sites is 3. The lowest BCUT2D eigenvalue weighted by atomic mass is 9.99. The van der Waals surface area contributed by atoms with Gasteiger partial charge in [-0.3, -0.25) is 9.80 Å². The summed E-state index contributed by atoms with van der Waals surface area (Å²) in [6, 6.07) is 44.6. The van der Waals surface area contributed by atoms with Crippen LogP contribution in [0.25, 0.3) is 32.7 Å². The predicted octanol–water partition coefficient (Wildman–Crippen LogP) is 15.4. The molecule has 62 heavy (non-hydrogen) atoms. The first-order chi connectivity index (χ1) is 29.7. The number of rotatable bonds is 15. The molecule has 0 saturated heterocycles. The zero-order chi connectivity index (χ0) is 43.3. The highest BCUT2D eigenvalue weighted by atomic mass is 32.1. The van der Waals surface area contributed by atoms with Gasteiger partial charge in [0.25, 0.3) is 0 Å². The lowest BCUT2D eigenvalue weighted by Gasteiger charge is -2.36. The average molecular weight is 891 g/mol. The minimum atomic E-state index is -6.60. The molecule has 9 rings (SSSR count). The molecule has 9 aromatic rings. The van der Waals surface area contributed by atoms with Gasteiger partial charge in [0.1, 0.15) is 21.2 Å². The van der Waals surface area contributed by atoms with Crippen molar-refractivity contribution < 1.29 is 53.4 Å². The highest BCUT2D eigenvalue weighted by Crippen LogP contribution is 2.54. The normalized spacial score (nSPS) is 12.6. The van der Waals surface area contributed by atoms with Crippen LogP contribution in [-0.2, 0) is 0 Å². The van der Waals surface area contributed by atoms with E-state index in [4.69, 9.17) is 18.3 Å². The van der Waals surface area contributed by atoms with Crippen molar-refractivity contribution in [2.24, 2.45) is 0 Å². The summed E-state index contributed by atoms with van der Waals surface area (Å²) in [6.07, 6.45) is 0. The number of ether oxygens (including phenoxy) is 2. The number of thiophene rings is 2. The Bertz CT molecular complexity index is 2930. The molecule has 0 radical (unpaired) electrons. The Labute approximate surface area is 355 Å². The van der Waals surface area contributed by atoms with E-state index in [2.05, 4.69) is 0 Å². The van der Waals surface area contributed by atoms with Gasteiger partial charge in [0, 0.05) is 34.0 Å². The fourth-order valence-corrected chi connectivity index (χ4v) is 8.58. The lowest BCUT2D eigenvalue weighted by Crippen LogP contribution is -2.65. The predicted molar refractivity (Wildman–Crippen MR) is 226 cm³/mol. The zero-order valence-electron chi connectivity index (χ0n) is 31.8. The molecule has 4 heterocycles. The second kappa shape index (κ2) is 15.7. The van der Waals surface area contributed by atoms with E-state index in [0.29, 0.717) is 55.6 Å². The van der Waals surface area contributed by atoms with E-state index in [1.807, 2.05) is 48.5 Å². The van der Waals surface area contributed by atoms with Gasteiger partial charge in [0.05, 0.1) is 5.69 Å². The van der Waals surface area contributed by atoms with Crippen molar-refractivity contribution in [3.05, 3.63) is 158 Å². The minimum Gasteiger partial charge on any atom is -0.477 e. The number of furan rings is 2. The Balaban J connectivity index is 0.916. The van der Waals surface area contributed by atoms with Gasteiger partial charge in [0.2, 0.25) is 11.8 Å². The van der Waals surface area contributed by atoms with Crippen LogP contribution in [0.4, 0.5) is 68.3 Å². The summed E-state index contributed by atoms with van der Waals surface area (Å²) in [5, 5.41) is 3.03. The van der Waals surface area contributed by atoms with Gasteiger partial charge >= 0.3 is 23.7 Å². The lowest BCUT2D eigenvalue weighted by molar-refractivity contribution is -0.371. The van der Waals surface area contributed by atoms with Crippen molar-refractivity contribution in [2.75, 3.05) is 23.0 Å². The van der Waals surface area contributed by atoms with Gasteiger partial charge in [-0.15, -0.1) is 0 Å². The summed E-state index contributed by atoms with van der Waals surface area (Å²) in [5.74, 6) is -24.1. The Morgan fingerprint density at radius 3 is 1.45 bits per heavy atom. The van der Waals surface area contributed by atoms with E-state index in [9.17, 15) is 0 Å². The maximum Gasteiger partial charge on any atom is 0.381 e. The Morgan fingerprint density at radius 1 is 0.452 bits per heavy atom. The van der Waals surface area contributed by atoms with Crippen LogP contribution in [0.5, 0.6) is 10.1 Å². The first kappa shape index (κ1) is 40.9. The van der Waals surface area contributed by atoms with E-state index in [1.165, 1.54) is 18.2 Å². The van der Waals surface area contributed by atoms with Gasteiger partial charge < -0.3 is 18.3 Å². The van der Waals surface area contributed by atoms with Crippen LogP contribution in [0.15, 0.2) is 167 Å². The number of anilines is 6. The average Bonchev–Trinajstić information content (AvgIpc) is 4.10. The molecule has 4 aromatic heterocycles. The molecule has 0 unspecified atom stereocenters. The maximum absolute atomic E-state index is 15.2. The molecule has 0 bridgehead atoms. The first-order valence-corrected chi connectivity index (χ1v) is 20.4. The van der Waals surface area contributed by atoms with Gasteiger partial charge in [-0.05, 0) is 60.0 Å². The van der Waals surface area contributed by atoms with Crippen molar-refractivity contribution in [1.29, 1.82) is 0 Å². The van der Waals surface area contributed by atoms with Crippen LogP contribution in [0.3, 0.4) is 0 Å². The molecule has 0 atom stereocenters. The summed E-state index contributed by atoms with van der Waals surface area (Å²) < 4.78 is 143. The fraction of sp³-hybridized carbons (Fsp3) is 0.130. The smallest absolute Gasteiger partial charge is 0.381 e. The largest absolute Gasteiger partial charge is 0.477 e. The number of fused-ring (bicyclic) bond motifs is 3. The van der Waals surface area contributed by atoms with E-state index < -0.39 is 36.9 Å². The molecule has 0 saturated carbocycles. The number of hydrogen-bond acceptors (Lipinski definition) is 8. The maximum atomic E-state index is 15.2. The Morgan fingerprint density at radius 2 is 0.903 bits per heavy atom. The van der Waals surface area contributed by atoms with Crippen LogP contribution < -0.4 is 19.3 Å². The van der Waals surface area contributed by atoms with Crippen LogP contribution >= 0.6 is 22.7 Å². The zero-order valence-corrected chi connectivity index (χ0v) is 33.4. The Hall–Kier alpha value is -6.52. The molecule has 0 N–H and O–H groups in total. The molecular formula is C46H30F8N2O4S2. The van der Waals surface area contributed by atoms with Crippen LogP contribution in [-0.4, -0.2) is 36.9 Å². The number of hydrogen-bond donors (Lipinski definition) is 0. The summed E-state index contributed by atoms with van der Waals surface area (Å²) in [7, 11) is 0. The quantitative estimate of drug-likeness (QED) is 0.0956. The van der Waals surface area contributed by atoms with Crippen molar-refractivity contribution in [2.45, 2.75) is 23.7 Å². The third-order valence-electron chi connectivity index (χ3n) is 9.97. The standard InChI is InChI=1S/C46H30F8N2O4S2/c47-43(48,27-57-41-23-21-39(61-41)55(32-15-2-1-3-16-32)37-25-30-12-5-8-19-35(30)59-37)45(51,52)46(53,54)44(49,50)28-58-42-24-22-40(62-42)56(38-26-31-13-6-9-20-36(31)60-38)34-18-10-14-29-11-4-7-17-33(29)34/h1-26H,27-28H2. The summed E-state index contributed by atoms with van der Waals surface area (Å²) in [6.45, 7) is -4.70. The fourth-order valence-electron chi connectivity index (χ4n) is 6.83. The SMILES string of the molecule is FC(F)(COc1ccc(N(c2ccccc2)c2cc3ccccc3o2)s1)C(F)(F)C(F)(F)C(F)(F)COc1ccc(N(c2cc3ccccc3o2)c2cccc3ccccc23)s1. The number of nitrogens with zero attached hydrogens (tertiary/aromatic N) is 2. The van der Waals surface area contributed by atoms with Crippen molar-refractivity contribution in [3.8, 4) is 10.1 Å². The van der Waals surface area contributed by atoms with Crippen LogP contribution in [0.2, 0.25) is 0 Å². The molecule has 0 aliphatic rings. The third-order valence-corrected chi connectivity index (χ3v) is 11.9. The van der Waals surface area contributed by atoms with Gasteiger partial charge in [-0.1, -0.05) is 114 Å². The van der Waals surface area contributed by atoms with Crippen molar-refractivity contribution >= 4 is 88.5 Å². The monoisotopic (exact) mass is 890 g/mol. The molecule has 0 spiro atoms. The Kier molecular flexibility index (Phi) is 10.4. The molecule has 16 heteroatoms. The second-order valence-electron chi connectivity index (χ2n) is 14.1. The molecule has 5 aromatic carbocycles. The van der Waals surface area contributed by atoms with Crippen molar-refractivity contribution in [3.63, 3.8) is 0 Å². The van der Waals surface area contributed by atoms with Gasteiger partial charge in [-0.25, -0.2) is 0 Å². The summed E-state index contributed by atoms with van der Waals surface area (Å²) >= 11 is 1.44. The van der Waals surface area contributed by atoms with Gasteiger partial charge in [-0.2, -0.15) is 35.1 Å². The van der Waals surface area contributed by atoms with Crippen LogP contribution in [0, 0.1) is 0 Å². The number of benzene rings is 5.